The molecule has 0 heterocycles. The van der Waals surface area contributed by atoms with Crippen LogP contribution in [0.15, 0.2) is 45.3 Å². The van der Waals surface area contributed by atoms with Gasteiger partial charge in [-0.2, -0.15) is 0 Å². The molecule has 2 aromatic carbocycles. The molecule has 23 heavy (non-hydrogen) atoms. The third-order valence-corrected chi connectivity index (χ3v) is 4.60. The molecule has 124 valence electrons. The van der Waals surface area contributed by atoms with E-state index in [-0.39, 0.29) is 10.8 Å². The van der Waals surface area contributed by atoms with Gasteiger partial charge < -0.3 is 4.74 Å². The molecule has 0 unspecified atom stereocenters. The van der Waals surface area contributed by atoms with Gasteiger partial charge in [0.05, 0.1) is 0 Å². The Hall–Kier alpha value is -0.800. The molecule has 3 heteroatoms. The molecule has 0 aliphatic heterocycles. The summed E-state index contributed by atoms with van der Waals surface area (Å²) in [4.78, 5) is 0. The van der Waals surface area contributed by atoms with Crippen LogP contribution in [0.25, 0.3) is 0 Å². The van der Waals surface area contributed by atoms with E-state index in [1.165, 1.54) is 11.1 Å². The largest absolute Gasteiger partial charge is 0.457 e. The SMILES string of the molecule is CC(C)(C)c1cccc(C(C)(C)C)c1Oc1cc(Br)cc(Br)c1. The van der Waals surface area contributed by atoms with Gasteiger partial charge in [0.1, 0.15) is 11.5 Å². The van der Waals surface area contributed by atoms with Crippen LogP contribution in [0.5, 0.6) is 11.5 Å². The lowest BCUT2D eigenvalue weighted by atomic mass is 9.79. The predicted octanol–water partition coefficient (Wildman–Crippen LogP) is 7.60. The van der Waals surface area contributed by atoms with E-state index in [4.69, 9.17) is 4.74 Å². The summed E-state index contributed by atoms with van der Waals surface area (Å²) in [6.45, 7) is 13.3. The summed E-state index contributed by atoms with van der Waals surface area (Å²) < 4.78 is 8.38. The average Bonchev–Trinajstić information content (AvgIpc) is 2.34. The van der Waals surface area contributed by atoms with Gasteiger partial charge in [0.25, 0.3) is 0 Å². The molecule has 1 nitrogen and oxygen atoms in total. The Morgan fingerprint density at radius 3 is 1.57 bits per heavy atom. The molecule has 0 bridgehead atoms. The van der Waals surface area contributed by atoms with E-state index in [2.05, 4.69) is 91.6 Å². The van der Waals surface area contributed by atoms with E-state index in [0.717, 1.165) is 20.4 Å². The van der Waals surface area contributed by atoms with E-state index in [9.17, 15) is 0 Å². The number of rotatable bonds is 2. The normalized spacial score (nSPS) is 12.3. The van der Waals surface area contributed by atoms with Crippen LogP contribution in [-0.4, -0.2) is 0 Å². The summed E-state index contributed by atoms with van der Waals surface area (Å²) >= 11 is 7.06. The number of benzene rings is 2. The van der Waals surface area contributed by atoms with Crippen LogP contribution >= 0.6 is 31.9 Å². The first-order chi connectivity index (χ1) is 10.5. The second kappa shape index (κ2) is 6.60. The highest BCUT2D eigenvalue weighted by Crippen LogP contribution is 2.42. The molecule has 0 saturated heterocycles. The Morgan fingerprint density at radius 1 is 0.739 bits per heavy atom. The van der Waals surface area contributed by atoms with Gasteiger partial charge in [-0.25, -0.2) is 0 Å². The minimum Gasteiger partial charge on any atom is -0.457 e. The van der Waals surface area contributed by atoms with Gasteiger partial charge in [0, 0.05) is 20.1 Å². The number of hydrogen-bond acceptors (Lipinski definition) is 1. The fraction of sp³-hybridized carbons (Fsp3) is 0.400. The van der Waals surface area contributed by atoms with Crippen LogP contribution in [0.1, 0.15) is 52.7 Å². The summed E-state index contributed by atoms with van der Waals surface area (Å²) in [5, 5.41) is 0. The monoisotopic (exact) mass is 438 g/mol. The van der Waals surface area contributed by atoms with Gasteiger partial charge >= 0.3 is 0 Å². The lowest BCUT2D eigenvalue weighted by Gasteiger charge is -2.29. The Balaban J connectivity index is 2.62. The Morgan fingerprint density at radius 2 is 1.17 bits per heavy atom. The first-order valence-corrected chi connectivity index (χ1v) is 9.35. The van der Waals surface area contributed by atoms with Gasteiger partial charge in [0.2, 0.25) is 0 Å². The van der Waals surface area contributed by atoms with Gasteiger partial charge in [-0.1, -0.05) is 91.6 Å². The van der Waals surface area contributed by atoms with Crippen molar-refractivity contribution in [2.75, 3.05) is 0 Å². The molecule has 0 N–H and O–H groups in total. The summed E-state index contributed by atoms with van der Waals surface area (Å²) in [6, 6.07) is 12.5. The smallest absolute Gasteiger partial charge is 0.134 e. The van der Waals surface area contributed by atoms with E-state index in [1.807, 2.05) is 18.2 Å². The molecule has 0 saturated carbocycles. The van der Waals surface area contributed by atoms with Crippen LogP contribution in [0, 0.1) is 0 Å². The van der Waals surface area contributed by atoms with Crippen molar-refractivity contribution in [3.8, 4) is 11.5 Å². The van der Waals surface area contributed by atoms with Crippen molar-refractivity contribution in [3.63, 3.8) is 0 Å². The van der Waals surface area contributed by atoms with E-state index < -0.39 is 0 Å². The standard InChI is InChI=1S/C20H24Br2O/c1-19(2,3)16-8-7-9-17(20(4,5)6)18(16)23-15-11-13(21)10-14(22)12-15/h7-12H,1-6H3. The molecular weight excluding hydrogens is 416 g/mol. The topological polar surface area (TPSA) is 9.23 Å². The number of hydrogen-bond donors (Lipinski definition) is 0. The maximum absolute atomic E-state index is 6.40. The fourth-order valence-electron chi connectivity index (χ4n) is 2.53. The van der Waals surface area contributed by atoms with E-state index in [1.54, 1.807) is 0 Å². The molecule has 0 atom stereocenters. The highest BCUT2D eigenvalue weighted by molar-refractivity contribution is 9.11. The highest BCUT2D eigenvalue weighted by Gasteiger charge is 2.27. The first-order valence-electron chi connectivity index (χ1n) is 7.76. The summed E-state index contributed by atoms with van der Waals surface area (Å²) in [5.74, 6) is 1.80. The zero-order valence-corrected chi connectivity index (χ0v) is 17.8. The van der Waals surface area contributed by atoms with Crippen LogP contribution in [0.2, 0.25) is 0 Å². The average molecular weight is 440 g/mol. The number of ether oxygens (including phenoxy) is 1. The summed E-state index contributed by atoms with van der Waals surface area (Å²) in [5.41, 5.74) is 2.47. The van der Waals surface area contributed by atoms with Crippen molar-refractivity contribution in [3.05, 3.63) is 56.5 Å². The highest BCUT2D eigenvalue weighted by atomic mass is 79.9. The third-order valence-electron chi connectivity index (χ3n) is 3.69. The van der Waals surface area contributed by atoms with Crippen LogP contribution in [0.3, 0.4) is 0 Å². The van der Waals surface area contributed by atoms with Crippen molar-refractivity contribution in [1.29, 1.82) is 0 Å². The Kier molecular flexibility index (Phi) is 5.32. The molecule has 0 aliphatic carbocycles. The molecule has 0 spiro atoms. The van der Waals surface area contributed by atoms with Gasteiger partial charge in [-0.15, -0.1) is 0 Å². The maximum atomic E-state index is 6.40. The van der Waals surface area contributed by atoms with Crippen molar-refractivity contribution in [1.82, 2.24) is 0 Å². The van der Waals surface area contributed by atoms with Crippen molar-refractivity contribution in [2.24, 2.45) is 0 Å². The van der Waals surface area contributed by atoms with Gasteiger partial charge in [-0.05, 0) is 29.0 Å². The maximum Gasteiger partial charge on any atom is 0.134 e. The zero-order chi connectivity index (χ0) is 17.4. The van der Waals surface area contributed by atoms with Crippen molar-refractivity contribution in [2.45, 2.75) is 52.4 Å². The van der Waals surface area contributed by atoms with Crippen LogP contribution < -0.4 is 4.74 Å². The molecule has 0 aliphatic rings. The van der Waals surface area contributed by atoms with Gasteiger partial charge in [0.15, 0.2) is 0 Å². The molecule has 0 radical (unpaired) electrons. The molecule has 2 aromatic rings. The Bertz CT molecular complexity index is 654. The number of para-hydroxylation sites is 1. The van der Waals surface area contributed by atoms with E-state index >= 15 is 0 Å². The quantitative estimate of drug-likeness (QED) is 0.467. The zero-order valence-electron chi connectivity index (χ0n) is 14.6. The molecule has 2 rings (SSSR count). The minimum atomic E-state index is 0.0137. The second-order valence-electron chi connectivity index (χ2n) is 7.89. The Labute approximate surface area is 156 Å². The summed E-state index contributed by atoms with van der Waals surface area (Å²) in [6.07, 6.45) is 0. The second-order valence-corrected chi connectivity index (χ2v) is 9.72. The first kappa shape index (κ1) is 18.5. The fourth-order valence-corrected chi connectivity index (χ4v) is 3.79. The molecule has 0 amide bonds. The lowest BCUT2D eigenvalue weighted by Crippen LogP contribution is -2.18. The van der Waals surface area contributed by atoms with Crippen LogP contribution in [-0.2, 0) is 10.8 Å². The number of halogens is 2. The molecule has 0 aromatic heterocycles. The third kappa shape index (κ3) is 4.60. The van der Waals surface area contributed by atoms with Crippen molar-refractivity contribution < 1.29 is 4.74 Å². The molecule has 0 fully saturated rings. The minimum absolute atomic E-state index is 0.0137. The summed E-state index contributed by atoms with van der Waals surface area (Å²) in [7, 11) is 0. The lowest BCUT2D eigenvalue weighted by molar-refractivity contribution is 0.432. The van der Waals surface area contributed by atoms with Crippen molar-refractivity contribution >= 4 is 31.9 Å². The molecular formula is C20H24Br2O. The van der Waals surface area contributed by atoms with E-state index in [0.29, 0.717) is 0 Å². The predicted molar refractivity (Wildman–Crippen MR) is 106 cm³/mol. The van der Waals surface area contributed by atoms with Gasteiger partial charge in [-0.3, -0.25) is 0 Å². The van der Waals surface area contributed by atoms with Crippen LogP contribution in [0.4, 0.5) is 0 Å².